The summed E-state index contributed by atoms with van der Waals surface area (Å²) in [6, 6.07) is 8.67. The molecular formula is C12H18S. The minimum Gasteiger partial charge on any atom is -0.179 e. The highest BCUT2D eigenvalue weighted by Gasteiger charge is 2.09. The predicted octanol–water partition coefficient (Wildman–Crippen LogP) is 3.81. The third kappa shape index (κ3) is 2.77. The predicted molar refractivity (Wildman–Crippen MR) is 62.7 cm³/mol. The number of benzene rings is 1. The number of hydrogen-bond acceptors (Lipinski definition) is 1. The van der Waals surface area contributed by atoms with Gasteiger partial charge in [-0.3, -0.25) is 0 Å². The van der Waals surface area contributed by atoms with Crippen LogP contribution in [0.5, 0.6) is 0 Å². The van der Waals surface area contributed by atoms with Crippen molar-refractivity contribution in [2.45, 2.75) is 32.6 Å². The highest BCUT2D eigenvalue weighted by Crippen LogP contribution is 2.26. The van der Waals surface area contributed by atoms with Crippen LogP contribution < -0.4 is 0 Å². The third-order valence-electron chi connectivity index (χ3n) is 2.60. The topological polar surface area (TPSA) is 0 Å². The third-order valence-corrected chi connectivity index (χ3v) is 2.86. The largest absolute Gasteiger partial charge is 0.179 e. The minimum absolute atomic E-state index is 0.693. The van der Waals surface area contributed by atoms with Gasteiger partial charge < -0.3 is 0 Å². The molecule has 13 heavy (non-hydrogen) atoms. The molecule has 1 unspecified atom stereocenters. The van der Waals surface area contributed by atoms with E-state index in [1.165, 1.54) is 24.0 Å². The molecule has 1 aromatic carbocycles. The number of aryl methyl sites for hydroxylation is 1. The SMILES string of the molecule is CCC(CCS)c1ccccc1C. The highest BCUT2D eigenvalue weighted by atomic mass is 32.1. The van der Waals surface area contributed by atoms with E-state index in [4.69, 9.17) is 0 Å². The van der Waals surface area contributed by atoms with Crippen LogP contribution in [0.25, 0.3) is 0 Å². The molecule has 0 N–H and O–H groups in total. The normalized spacial score (nSPS) is 12.8. The van der Waals surface area contributed by atoms with Gasteiger partial charge in [0.2, 0.25) is 0 Å². The average molecular weight is 194 g/mol. The summed E-state index contributed by atoms with van der Waals surface area (Å²) in [5.74, 6) is 1.67. The fourth-order valence-electron chi connectivity index (χ4n) is 1.78. The maximum Gasteiger partial charge on any atom is -0.00921 e. The Balaban J connectivity index is 2.84. The van der Waals surface area contributed by atoms with Crippen LogP contribution in [0.15, 0.2) is 24.3 Å². The Labute approximate surface area is 86.8 Å². The molecular weight excluding hydrogens is 176 g/mol. The Bertz CT molecular complexity index is 255. The number of thiol groups is 1. The van der Waals surface area contributed by atoms with Gasteiger partial charge in [-0.25, -0.2) is 0 Å². The first-order chi connectivity index (χ1) is 6.29. The van der Waals surface area contributed by atoms with Crippen molar-refractivity contribution in [3.05, 3.63) is 35.4 Å². The van der Waals surface area contributed by atoms with Gasteiger partial charge in [-0.1, -0.05) is 31.2 Å². The van der Waals surface area contributed by atoms with Crippen LogP contribution in [0.4, 0.5) is 0 Å². The smallest absolute Gasteiger partial charge is 0.00921 e. The Morgan fingerprint density at radius 1 is 1.31 bits per heavy atom. The first-order valence-corrected chi connectivity index (χ1v) is 5.59. The molecule has 0 spiro atoms. The molecule has 0 saturated carbocycles. The van der Waals surface area contributed by atoms with E-state index >= 15 is 0 Å². The zero-order valence-corrected chi connectivity index (χ0v) is 9.35. The molecule has 0 heterocycles. The Morgan fingerprint density at radius 3 is 2.54 bits per heavy atom. The summed E-state index contributed by atoms with van der Waals surface area (Å²) < 4.78 is 0. The fourth-order valence-corrected chi connectivity index (χ4v) is 2.09. The van der Waals surface area contributed by atoms with Crippen molar-refractivity contribution >= 4 is 12.6 Å². The van der Waals surface area contributed by atoms with E-state index in [1.54, 1.807) is 0 Å². The first kappa shape index (κ1) is 10.6. The summed E-state index contributed by atoms with van der Waals surface area (Å²) in [5.41, 5.74) is 2.91. The van der Waals surface area contributed by atoms with Crippen molar-refractivity contribution in [3.63, 3.8) is 0 Å². The molecule has 72 valence electrons. The monoisotopic (exact) mass is 194 g/mol. The fraction of sp³-hybridized carbons (Fsp3) is 0.500. The summed E-state index contributed by atoms with van der Waals surface area (Å²) in [4.78, 5) is 0. The van der Waals surface area contributed by atoms with Crippen molar-refractivity contribution in [3.8, 4) is 0 Å². The second-order valence-corrected chi connectivity index (χ2v) is 3.92. The van der Waals surface area contributed by atoms with Gasteiger partial charge in [-0.05, 0) is 42.6 Å². The maximum atomic E-state index is 4.30. The van der Waals surface area contributed by atoms with Crippen LogP contribution in [0, 0.1) is 6.92 Å². The summed E-state index contributed by atoms with van der Waals surface area (Å²) in [6.07, 6.45) is 2.40. The van der Waals surface area contributed by atoms with Crippen molar-refractivity contribution in [2.75, 3.05) is 5.75 Å². The molecule has 0 aliphatic carbocycles. The average Bonchev–Trinajstić information content (AvgIpc) is 2.16. The first-order valence-electron chi connectivity index (χ1n) is 4.96. The van der Waals surface area contributed by atoms with Crippen LogP contribution in [-0.2, 0) is 0 Å². The second kappa shape index (κ2) is 5.33. The quantitative estimate of drug-likeness (QED) is 0.692. The summed E-state index contributed by atoms with van der Waals surface area (Å²) in [5, 5.41) is 0. The molecule has 0 aliphatic heterocycles. The van der Waals surface area contributed by atoms with E-state index in [-0.39, 0.29) is 0 Å². The van der Waals surface area contributed by atoms with E-state index < -0.39 is 0 Å². The molecule has 1 atom stereocenters. The van der Waals surface area contributed by atoms with Gasteiger partial charge in [0.15, 0.2) is 0 Å². The molecule has 0 fully saturated rings. The lowest BCUT2D eigenvalue weighted by Gasteiger charge is -2.16. The van der Waals surface area contributed by atoms with E-state index in [2.05, 4.69) is 50.7 Å². The van der Waals surface area contributed by atoms with Crippen molar-refractivity contribution in [1.29, 1.82) is 0 Å². The summed E-state index contributed by atoms with van der Waals surface area (Å²) >= 11 is 4.30. The van der Waals surface area contributed by atoms with Crippen LogP contribution in [-0.4, -0.2) is 5.75 Å². The van der Waals surface area contributed by atoms with Crippen molar-refractivity contribution in [1.82, 2.24) is 0 Å². The zero-order chi connectivity index (χ0) is 9.68. The van der Waals surface area contributed by atoms with Crippen molar-refractivity contribution in [2.24, 2.45) is 0 Å². The molecule has 0 bridgehead atoms. The standard InChI is InChI=1S/C12H18S/c1-3-11(8-9-13)12-7-5-4-6-10(12)2/h4-7,11,13H,3,8-9H2,1-2H3. The van der Waals surface area contributed by atoms with E-state index in [0.29, 0.717) is 5.92 Å². The van der Waals surface area contributed by atoms with E-state index in [1.807, 2.05) is 0 Å². The molecule has 1 aromatic rings. The lowest BCUT2D eigenvalue weighted by atomic mass is 9.91. The molecule has 1 rings (SSSR count). The van der Waals surface area contributed by atoms with Gasteiger partial charge >= 0.3 is 0 Å². The summed E-state index contributed by atoms with van der Waals surface area (Å²) in [6.45, 7) is 4.44. The molecule has 1 heteroatoms. The zero-order valence-electron chi connectivity index (χ0n) is 8.46. The Kier molecular flexibility index (Phi) is 4.37. The van der Waals surface area contributed by atoms with Crippen LogP contribution in [0.2, 0.25) is 0 Å². The lowest BCUT2D eigenvalue weighted by Crippen LogP contribution is -2.00. The van der Waals surface area contributed by atoms with Crippen LogP contribution in [0.3, 0.4) is 0 Å². The molecule has 0 radical (unpaired) electrons. The van der Waals surface area contributed by atoms with E-state index in [0.717, 1.165) is 5.75 Å². The van der Waals surface area contributed by atoms with Gasteiger partial charge in [0.1, 0.15) is 0 Å². The second-order valence-electron chi connectivity index (χ2n) is 3.47. The van der Waals surface area contributed by atoms with Gasteiger partial charge in [-0.15, -0.1) is 0 Å². The number of hydrogen-bond donors (Lipinski definition) is 1. The highest BCUT2D eigenvalue weighted by molar-refractivity contribution is 7.80. The van der Waals surface area contributed by atoms with Crippen LogP contribution >= 0.6 is 12.6 Å². The van der Waals surface area contributed by atoms with Gasteiger partial charge in [0.25, 0.3) is 0 Å². The molecule has 0 aromatic heterocycles. The molecule has 0 amide bonds. The van der Waals surface area contributed by atoms with Gasteiger partial charge in [0.05, 0.1) is 0 Å². The van der Waals surface area contributed by atoms with Crippen molar-refractivity contribution < 1.29 is 0 Å². The Morgan fingerprint density at radius 2 is 2.00 bits per heavy atom. The van der Waals surface area contributed by atoms with Gasteiger partial charge in [-0.2, -0.15) is 12.6 Å². The minimum atomic E-state index is 0.693. The van der Waals surface area contributed by atoms with E-state index in [9.17, 15) is 0 Å². The molecule has 0 nitrogen and oxygen atoms in total. The lowest BCUT2D eigenvalue weighted by molar-refractivity contribution is 0.644. The molecule has 0 aliphatic rings. The summed E-state index contributed by atoms with van der Waals surface area (Å²) in [7, 11) is 0. The molecule has 0 saturated heterocycles. The maximum absolute atomic E-state index is 4.30. The van der Waals surface area contributed by atoms with Gasteiger partial charge in [0, 0.05) is 0 Å². The Hall–Kier alpha value is -0.430. The van der Waals surface area contributed by atoms with Crippen LogP contribution in [0.1, 0.15) is 36.8 Å². The number of rotatable bonds is 4.